The molecule has 7 nitrogen and oxygen atoms in total. The Labute approximate surface area is 180 Å². The van der Waals surface area contributed by atoms with Crippen molar-refractivity contribution in [3.63, 3.8) is 0 Å². The molecule has 0 aliphatic rings. The van der Waals surface area contributed by atoms with Crippen LogP contribution in [-0.2, 0) is 19.7 Å². The van der Waals surface area contributed by atoms with Crippen LogP contribution < -0.4 is 29.6 Å². The predicted molar refractivity (Wildman–Crippen MR) is 96.4 cm³/mol. The molecule has 150 valence electrons. The fraction of sp³-hybridized carbons (Fsp3) is 0.882. The van der Waals surface area contributed by atoms with Gasteiger partial charge in [0.05, 0.1) is 6.42 Å². The van der Waals surface area contributed by atoms with Crippen molar-refractivity contribution in [2.24, 2.45) is 0 Å². The fourth-order valence-electron chi connectivity index (χ4n) is 2.92. The zero-order valence-electron chi connectivity index (χ0n) is 17.1. The van der Waals surface area contributed by atoms with E-state index < -0.39 is 39.6 Å². The maximum Gasteiger partial charge on any atom is 1.00 e. The third kappa shape index (κ3) is 10.9. The average molecular weight is 405 g/mol. The third-order valence-corrected chi connectivity index (χ3v) is 6.02. The van der Waals surface area contributed by atoms with Gasteiger partial charge in [-0.1, -0.05) is 77.6 Å². The molecule has 1 unspecified atom stereocenters. The molecule has 0 fully saturated rings. The molecule has 1 atom stereocenters. The van der Waals surface area contributed by atoms with E-state index in [-0.39, 0.29) is 37.4 Å². The molecule has 26 heavy (non-hydrogen) atoms. The Morgan fingerprint density at radius 3 is 1.54 bits per heavy atom. The summed E-state index contributed by atoms with van der Waals surface area (Å²) in [4.78, 5) is 22.1. The molecule has 9 heteroatoms. The maximum atomic E-state index is 11.5. The van der Waals surface area contributed by atoms with Gasteiger partial charge >= 0.3 is 41.5 Å². The van der Waals surface area contributed by atoms with Crippen LogP contribution in [0.3, 0.4) is 0 Å². The van der Waals surface area contributed by atoms with Crippen LogP contribution >= 0.6 is 0 Å². The second-order valence-corrected chi connectivity index (χ2v) is 8.36. The summed E-state index contributed by atoms with van der Waals surface area (Å²) in [6.45, 7) is 2.18. The number of hydrogen-bond donors (Lipinski definition) is 3. The van der Waals surface area contributed by atoms with Gasteiger partial charge in [0.1, 0.15) is 0 Å². The van der Waals surface area contributed by atoms with Crippen molar-refractivity contribution < 1.29 is 63.8 Å². The van der Waals surface area contributed by atoms with E-state index in [1.807, 2.05) is 0 Å². The van der Waals surface area contributed by atoms with Gasteiger partial charge in [-0.05, 0) is 6.42 Å². The van der Waals surface area contributed by atoms with Gasteiger partial charge in [0, 0.05) is 0 Å². The second-order valence-electron chi connectivity index (χ2n) is 6.63. The topological polar surface area (TPSA) is 129 Å². The van der Waals surface area contributed by atoms with E-state index in [1.165, 1.54) is 32.1 Å². The molecule has 0 aliphatic heterocycles. The summed E-state index contributed by atoms with van der Waals surface area (Å²) in [6, 6.07) is 0. The third-order valence-electron chi connectivity index (χ3n) is 4.50. The molecule has 0 aliphatic carbocycles. The Balaban J connectivity index is -0.00000288. The average Bonchev–Trinajstić information content (AvgIpc) is 2.49. The van der Waals surface area contributed by atoms with Gasteiger partial charge < -0.3 is 11.6 Å². The van der Waals surface area contributed by atoms with E-state index in [4.69, 9.17) is 10.2 Å². The molecule has 0 radical (unpaired) electrons. The normalized spacial score (nSPS) is 13.6. The second kappa shape index (κ2) is 14.9. The fourth-order valence-corrected chi connectivity index (χ4v) is 3.85. The molecule has 0 aromatic rings. The van der Waals surface area contributed by atoms with Gasteiger partial charge in [0.25, 0.3) is 10.1 Å². The summed E-state index contributed by atoms with van der Waals surface area (Å²) < 4.78 is 29.5. The summed E-state index contributed by atoms with van der Waals surface area (Å²) >= 11 is 0. The van der Waals surface area contributed by atoms with Gasteiger partial charge in [-0.3, -0.25) is 14.1 Å². The minimum atomic E-state index is -5.01. The van der Waals surface area contributed by atoms with Crippen molar-refractivity contribution in [2.75, 3.05) is 0 Å². The number of carboxylic acids is 2. The van der Waals surface area contributed by atoms with Crippen LogP contribution in [0.25, 0.3) is 0 Å². The van der Waals surface area contributed by atoms with Crippen molar-refractivity contribution in [2.45, 2.75) is 95.1 Å². The van der Waals surface area contributed by atoms with Crippen molar-refractivity contribution in [1.82, 2.24) is 0 Å². The predicted octanol–water partition coefficient (Wildman–Crippen LogP) is 0.990. The number of aliphatic carboxylic acids is 2. The Kier molecular flexibility index (Phi) is 16.0. The molecule has 0 spiro atoms. The van der Waals surface area contributed by atoms with E-state index in [0.717, 1.165) is 25.7 Å². The van der Waals surface area contributed by atoms with Crippen LogP contribution in [0.2, 0.25) is 0 Å². The first-order valence-corrected chi connectivity index (χ1v) is 10.5. The van der Waals surface area contributed by atoms with Crippen molar-refractivity contribution in [3.8, 4) is 0 Å². The summed E-state index contributed by atoms with van der Waals surface area (Å²) in [5.41, 5.74) is 0. The molecule has 0 heterocycles. The Morgan fingerprint density at radius 1 is 0.846 bits per heavy atom. The van der Waals surface area contributed by atoms with Gasteiger partial charge in [0.15, 0.2) is 0 Å². The van der Waals surface area contributed by atoms with Gasteiger partial charge in [-0.15, -0.1) is 0 Å². The monoisotopic (exact) mass is 404 g/mol. The molecule has 0 bridgehead atoms. The van der Waals surface area contributed by atoms with E-state index in [9.17, 15) is 22.6 Å². The van der Waals surface area contributed by atoms with Crippen LogP contribution in [0, 0.1) is 0 Å². The molecular weight excluding hydrogens is 371 g/mol. The largest absolute Gasteiger partial charge is 1.00 e. The number of hydrogen-bond acceptors (Lipinski definition) is 4. The summed E-state index contributed by atoms with van der Waals surface area (Å²) in [5.74, 6) is -3.38. The first-order chi connectivity index (χ1) is 11.7. The molecule has 0 amide bonds. The number of carbonyl (C=O) groups is 2. The Hall–Kier alpha value is -0.150. The Bertz CT molecular complexity index is 513. The van der Waals surface area contributed by atoms with Crippen molar-refractivity contribution in [3.05, 3.63) is 0 Å². The van der Waals surface area contributed by atoms with Gasteiger partial charge in [-0.2, -0.15) is 8.42 Å². The van der Waals surface area contributed by atoms with Crippen LogP contribution in [0.15, 0.2) is 0 Å². The Morgan fingerprint density at radius 2 is 1.23 bits per heavy atom. The number of unbranched alkanes of at least 4 members (excludes halogenated alkanes) is 10. The summed E-state index contributed by atoms with van der Waals surface area (Å²) in [7, 11) is -5.01. The van der Waals surface area contributed by atoms with E-state index in [2.05, 4.69) is 6.92 Å². The maximum absolute atomic E-state index is 11.5. The van der Waals surface area contributed by atoms with Crippen LogP contribution in [0.4, 0.5) is 0 Å². The van der Waals surface area contributed by atoms with E-state index >= 15 is 0 Å². The van der Waals surface area contributed by atoms with E-state index in [0.29, 0.717) is 6.42 Å². The quantitative estimate of drug-likeness (QED) is 0.199. The molecule has 0 saturated carbocycles. The van der Waals surface area contributed by atoms with Gasteiger partial charge in [-0.25, -0.2) is 0 Å². The van der Waals surface area contributed by atoms with Crippen LogP contribution in [0.1, 0.15) is 91.8 Å². The van der Waals surface area contributed by atoms with Gasteiger partial charge in [0.2, 0.25) is 4.75 Å². The molecule has 0 aromatic heterocycles. The minimum Gasteiger partial charge on any atom is -1.00 e. The number of rotatable bonds is 16. The summed E-state index contributed by atoms with van der Waals surface area (Å²) in [5, 5.41) is 18.0. The molecule has 0 saturated heterocycles. The molecule has 0 rings (SSSR count). The van der Waals surface area contributed by atoms with Crippen LogP contribution in [0.5, 0.6) is 0 Å². The zero-order valence-corrected chi connectivity index (χ0v) is 18.9. The van der Waals surface area contributed by atoms with Crippen LogP contribution in [-0.4, -0.2) is 39.9 Å². The summed E-state index contributed by atoms with van der Waals surface area (Å²) in [6.07, 6.45) is 9.62. The smallest absolute Gasteiger partial charge is 1.00 e. The molecular formula is C17H33NaO7S. The van der Waals surface area contributed by atoms with Crippen molar-refractivity contribution >= 4 is 22.1 Å². The SMILES string of the molecule is CCCCCCCCCCCCCC(CC(=O)O)(C(=O)O)S(=O)(=O)O.[H-].[Na+]. The molecule has 3 N–H and O–H groups in total. The zero-order chi connectivity index (χ0) is 19.3. The minimum absolute atomic E-state index is 0. The first-order valence-electron chi connectivity index (χ1n) is 9.09. The van der Waals surface area contributed by atoms with E-state index in [1.54, 1.807) is 0 Å². The number of carboxylic acid groups (broad SMARTS) is 2. The van der Waals surface area contributed by atoms with Crippen molar-refractivity contribution in [1.29, 1.82) is 0 Å². The first kappa shape index (κ1) is 28.1. The standard InChI is InChI=1S/C17H32O7S.Na.H/c1-2-3-4-5-6-7-8-9-10-11-12-13-17(16(20)21,14-15(18)19)25(22,23)24;;/h2-14H2,1H3,(H,18,19)(H,20,21)(H,22,23,24);;/q;+1;-1. The molecule has 0 aromatic carbocycles.